The van der Waals surface area contributed by atoms with Gasteiger partial charge < -0.3 is 0 Å². The molecule has 0 radical (unpaired) electrons. The van der Waals surface area contributed by atoms with Crippen molar-refractivity contribution in [2.45, 2.75) is 59.5 Å². The summed E-state index contributed by atoms with van der Waals surface area (Å²) < 4.78 is 0.938. The summed E-state index contributed by atoms with van der Waals surface area (Å²) in [6.45, 7) is 9.27. The third kappa shape index (κ3) is 3.75. The Kier molecular flexibility index (Phi) is 5.77. The van der Waals surface area contributed by atoms with Crippen molar-refractivity contribution in [3.8, 4) is 0 Å². The van der Waals surface area contributed by atoms with Gasteiger partial charge in [-0.25, -0.2) is 5.01 Å². The standard InChI is InChI=1S/C25H31BrN4OS/c1-5-32-24-28-23(31)21-18-12-16(26)8-9-20(18)27-22(30(21)29-24)17-13-19-15(11-14(17)2)7-6-10-25(19,3)4/h7-9,12,14,17,19,22H,5-6,10-11,13H2,1-4H3,(H,28,29,31)/t14-,17+,19+,22-/m0/s1. The molecule has 0 unspecified atom stereocenters. The fraction of sp³-hybridized carbons (Fsp3) is 0.560. The highest BCUT2D eigenvalue weighted by molar-refractivity contribution is 9.10. The van der Waals surface area contributed by atoms with Crippen molar-refractivity contribution in [2.24, 2.45) is 33.3 Å². The highest BCUT2D eigenvalue weighted by atomic mass is 79.9. The third-order valence-corrected chi connectivity index (χ3v) is 8.88. The van der Waals surface area contributed by atoms with Gasteiger partial charge in [0.15, 0.2) is 5.17 Å². The van der Waals surface area contributed by atoms with Crippen LogP contribution in [0.25, 0.3) is 5.70 Å². The van der Waals surface area contributed by atoms with Gasteiger partial charge in [0.05, 0.1) is 5.36 Å². The van der Waals surface area contributed by atoms with Crippen LogP contribution in [0.3, 0.4) is 0 Å². The molecule has 1 amide bonds. The summed E-state index contributed by atoms with van der Waals surface area (Å²) in [6, 6.07) is 6.01. The number of fused-ring (bicyclic) bond motifs is 3. The van der Waals surface area contributed by atoms with Crippen molar-refractivity contribution < 1.29 is 4.79 Å². The largest absolute Gasteiger partial charge is 0.298 e. The molecular weight excluding hydrogens is 484 g/mol. The number of carbonyl (C=O) groups is 1. The predicted octanol–water partition coefficient (Wildman–Crippen LogP) is 4.38. The molecule has 1 N–H and O–H groups in total. The van der Waals surface area contributed by atoms with E-state index in [0.717, 1.165) is 33.6 Å². The summed E-state index contributed by atoms with van der Waals surface area (Å²) in [7, 11) is 0. The molecule has 0 bridgehead atoms. The van der Waals surface area contributed by atoms with Crippen molar-refractivity contribution >= 4 is 44.5 Å². The van der Waals surface area contributed by atoms with E-state index in [9.17, 15) is 4.79 Å². The molecule has 170 valence electrons. The van der Waals surface area contributed by atoms with Crippen LogP contribution in [0.1, 0.15) is 53.4 Å². The van der Waals surface area contributed by atoms with Gasteiger partial charge in [-0.1, -0.05) is 67.0 Å². The Bertz CT molecular complexity index is 1140. The van der Waals surface area contributed by atoms with Crippen LogP contribution in [0.4, 0.5) is 0 Å². The van der Waals surface area contributed by atoms with Crippen LogP contribution in [-0.2, 0) is 4.79 Å². The van der Waals surface area contributed by atoms with Gasteiger partial charge in [-0.15, -0.1) is 5.10 Å². The molecule has 0 saturated heterocycles. The fourth-order valence-corrected chi connectivity index (χ4v) is 6.89. The van der Waals surface area contributed by atoms with E-state index in [2.05, 4.69) is 55.0 Å². The maximum Gasteiger partial charge on any atom is 0.276 e. The van der Waals surface area contributed by atoms with E-state index in [1.165, 1.54) is 12.8 Å². The first-order valence-corrected chi connectivity index (χ1v) is 13.4. The van der Waals surface area contributed by atoms with E-state index in [0.29, 0.717) is 34.0 Å². The number of benzene rings is 1. The minimum atomic E-state index is -0.161. The monoisotopic (exact) mass is 514 g/mol. The second-order valence-corrected chi connectivity index (χ2v) is 12.3. The quantitative estimate of drug-likeness (QED) is 0.595. The van der Waals surface area contributed by atoms with Crippen molar-refractivity contribution in [3.63, 3.8) is 0 Å². The van der Waals surface area contributed by atoms with Crippen molar-refractivity contribution in [2.75, 3.05) is 5.75 Å². The van der Waals surface area contributed by atoms with Gasteiger partial charge in [-0.05, 0) is 66.9 Å². The smallest absolute Gasteiger partial charge is 0.276 e. The van der Waals surface area contributed by atoms with Crippen LogP contribution in [0.5, 0.6) is 0 Å². The van der Waals surface area contributed by atoms with E-state index in [4.69, 9.17) is 10.1 Å². The number of carbonyl (C=O) groups excluding carboxylic acids is 1. The fourth-order valence-electron chi connectivity index (χ4n) is 5.94. The Morgan fingerprint density at radius 1 is 1.34 bits per heavy atom. The maximum absolute atomic E-state index is 13.3. The van der Waals surface area contributed by atoms with E-state index in [1.54, 1.807) is 17.3 Å². The molecule has 7 heteroatoms. The van der Waals surface area contributed by atoms with Crippen LogP contribution in [0, 0.1) is 23.2 Å². The molecule has 2 aliphatic heterocycles. The summed E-state index contributed by atoms with van der Waals surface area (Å²) in [5, 5.41) is 12.3. The number of hydrogen-bond donors (Lipinski definition) is 1. The summed E-state index contributed by atoms with van der Waals surface area (Å²) in [5.74, 6) is 2.17. The molecule has 32 heavy (non-hydrogen) atoms. The van der Waals surface area contributed by atoms with E-state index in [-0.39, 0.29) is 12.1 Å². The predicted molar refractivity (Wildman–Crippen MR) is 134 cm³/mol. The van der Waals surface area contributed by atoms with Gasteiger partial charge >= 0.3 is 0 Å². The van der Waals surface area contributed by atoms with Crippen molar-refractivity contribution in [1.82, 2.24) is 10.3 Å². The number of amides is 1. The molecular formula is C25H31BrN4OS. The van der Waals surface area contributed by atoms with Crippen molar-refractivity contribution in [3.05, 3.63) is 44.9 Å². The third-order valence-electron chi connectivity index (χ3n) is 7.65. The molecule has 2 heterocycles. The van der Waals surface area contributed by atoms with E-state index >= 15 is 0 Å². The van der Waals surface area contributed by atoms with Gasteiger partial charge in [-0.3, -0.25) is 15.1 Å². The van der Waals surface area contributed by atoms with Gasteiger partial charge in [0.2, 0.25) is 0 Å². The minimum absolute atomic E-state index is 0.0859. The van der Waals surface area contributed by atoms with E-state index in [1.807, 2.05) is 23.2 Å². The van der Waals surface area contributed by atoms with Crippen LogP contribution in [0.2, 0.25) is 0 Å². The Labute approximate surface area is 202 Å². The van der Waals surface area contributed by atoms with E-state index < -0.39 is 0 Å². The average Bonchev–Trinajstić information content (AvgIpc) is 2.73. The number of hydrazone groups is 1. The molecule has 1 fully saturated rings. The Balaban J connectivity index is 1.62. The second kappa shape index (κ2) is 8.32. The van der Waals surface area contributed by atoms with Gasteiger partial charge in [-0.2, -0.15) is 0 Å². The lowest BCUT2D eigenvalue weighted by molar-refractivity contribution is -0.116. The highest BCUT2D eigenvalue weighted by Gasteiger charge is 2.46. The first-order valence-electron chi connectivity index (χ1n) is 11.7. The summed E-state index contributed by atoms with van der Waals surface area (Å²) >= 11 is 5.13. The normalized spacial score (nSPS) is 30.8. The Morgan fingerprint density at radius 3 is 2.94 bits per heavy atom. The average molecular weight is 516 g/mol. The SMILES string of the molecule is CCSC1=NN2C(=c3cc(Br)ccc3=N[C@@H]2[C@@H]2C[C@@H]3C(=CCCC3(C)C)C[C@@H]2C)C(=O)N1. The zero-order chi connectivity index (χ0) is 22.6. The summed E-state index contributed by atoms with van der Waals surface area (Å²) in [5.41, 5.74) is 2.56. The molecule has 5 rings (SSSR count). The molecule has 0 aromatic heterocycles. The second-order valence-electron chi connectivity index (χ2n) is 10.1. The lowest BCUT2D eigenvalue weighted by atomic mass is 9.58. The lowest BCUT2D eigenvalue weighted by Gasteiger charge is -2.49. The zero-order valence-corrected chi connectivity index (χ0v) is 21.6. The molecule has 1 saturated carbocycles. The Hall–Kier alpha value is -1.60. The highest BCUT2D eigenvalue weighted by Crippen LogP contribution is 2.52. The summed E-state index contributed by atoms with van der Waals surface area (Å²) in [6.07, 6.45) is 6.97. The number of nitrogens with one attached hydrogen (secondary N) is 1. The number of allylic oxidation sites excluding steroid dienone is 2. The molecule has 5 nitrogen and oxygen atoms in total. The molecule has 4 atom stereocenters. The number of rotatable bonds is 2. The topological polar surface area (TPSA) is 57.1 Å². The van der Waals surface area contributed by atoms with Crippen LogP contribution in [0.15, 0.2) is 44.4 Å². The van der Waals surface area contributed by atoms with Crippen LogP contribution in [-0.4, -0.2) is 28.0 Å². The zero-order valence-electron chi connectivity index (χ0n) is 19.2. The number of nitrogens with zero attached hydrogens (tertiary/aromatic N) is 3. The van der Waals surface area contributed by atoms with Gasteiger partial charge in [0.1, 0.15) is 11.9 Å². The molecule has 1 aromatic rings. The Morgan fingerprint density at radius 2 is 2.16 bits per heavy atom. The van der Waals surface area contributed by atoms with Gasteiger partial charge in [0.25, 0.3) is 5.91 Å². The lowest BCUT2D eigenvalue weighted by Crippen LogP contribution is -2.56. The van der Waals surface area contributed by atoms with Gasteiger partial charge in [0, 0.05) is 15.6 Å². The number of halogens is 1. The van der Waals surface area contributed by atoms with Crippen molar-refractivity contribution in [1.29, 1.82) is 0 Å². The molecule has 1 aromatic carbocycles. The minimum Gasteiger partial charge on any atom is -0.298 e. The number of thioether (sulfide) groups is 1. The van der Waals surface area contributed by atoms with Crippen LogP contribution >= 0.6 is 27.7 Å². The van der Waals surface area contributed by atoms with Crippen LogP contribution < -0.4 is 15.9 Å². The first kappa shape index (κ1) is 22.2. The number of amidine groups is 1. The maximum atomic E-state index is 13.3. The number of hydrogen-bond acceptors (Lipinski definition) is 5. The first-order chi connectivity index (χ1) is 15.3. The molecule has 2 aliphatic carbocycles. The molecule has 4 aliphatic rings. The summed E-state index contributed by atoms with van der Waals surface area (Å²) in [4.78, 5) is 18.5. The molecule has 0 spiro atoms.